The van der Waals surface area contributed by atoms with Crippen molar-refractivity contribution >= 4 is 5.78 Å². The standard InChI is InChI=1S/C11H11F4NO2/c1-2-8(17)7-3-4-9(16-5-7)18-6-11(14,15)10(12)13/h3-5,10H,2,6H2,1H3. The van der Waals surface area contributed by atoms with Gasteiger partial charge in [0.25, 0.3) is 0 Å². The van der Waals surface area contributed by atoms with Crippen LogP contribution in [0.5, 0.6) is 5.88 Å². The number of alkyl halides is 4. The van der Waals surface area contributed by atoms with E-state index in [1.807, 2.05) is 0 Å². The Bertz CT molecular complexity index is 406. The molecule has 18 heavy (non-hydrogen) atoms. The molecule has 100 valence electrons. The van der Waals surface area contributed by atoms with E-state index in [0.29, 0.717) is 5.56 Å². The molecule has 0 N–H and O–H groups in total. The molecule has 1 heterocycles. The molecule has 0 fully saturated rings. The third-order valence-corrected chi connectivity index (χ3v) is 2.11. The molecule has 7 heteroatoms. The van der Waals surface area contributed by atoms with Crippen LogP contribution < -0.4 is 4.74 Å². The van der Waals surface area contributed by atoms with Crippen LogP contribution in [0.25, 0.3) is 0 Å². The van der Waals surface area contributed by atoms with E-state index in [-0.39, 0.29) is 18.1 Å². The van der Waals surface area contributed by atoms with Crippen molar-refractivity contribution < 1.29 is 27.1 Å². The van der Waals surface area contributed by atoms with E-state index in [1.165, 1.54) is 12.1 Å². The molecular weight excluding hydrogens is 254 g/mol. The van der Waals surface area contributed by atoms with Crippen molar-refractivity contribution in [1.82, 2.24) is 4.98 Å². The number of nitrogens with zero attached hydrogens (tertiary/aromatic N) is 1. The van der Waals surface area contributed by atoms with Gasteiger partial charge in [-0.05, 0) is 6.07 Å². The Kier molecular flexibility index (Phi) is 4.63. The molecule has 0 spiro atoms. The fraction of sp³-hybridized carbons (Fsp3) is 0.455. The van der Waals surface area contributed by atoms with Crippen LogP contribution in [0, 0.1) is 0 Å². The molecule has 0 bridgehead atoms. The summed E-state index contributed by atoms with van der Waals surface area (Å²) in [5, 5.41) is 0. The first kappa shape index (κ1) is 14.4. The molecule has 1 aromatic rings. The smallest absolute Gasteiger partial charge is 0.340 e. The summed E-state index contributed by atoms with van der Waals surface area (Å²) in [7, 11) is 0. The van der Waals surface area contributed by atoms with Gasteiger partial charge >= 0.3 is 12.3 Å². The van der Waals surface area contributed by atoms with Crippen molar-refractivity contribution in [2.75, 3.05) is 6.61 Å². The lowest BCUT2D eigenvalue weighted by atomic mass is 10.1. The minimum Gasteiger partial charge on any atom is -0.471 e. The second-order valence-electron chi connectivity index (χ2n) is 3.51. The molecule has 0 amide bonds. The number of ketones is 1. The number of aromatic nitrogens is 1. The van der Waals surface area contributed by atoms with E-state index >= 15 is 0 Å². The average Bonchev–Trinajstić information content (AvgIpc) is 2.36. The first-order chi connectivity index (χ1) is 8.36. The molecule has 0 saturated carbocycles. The maximum atomic E-state index is 12.5. The highest BCUT2D eigenvalue weighted by Gasteiger charge is 2.41. The summed E-state index contributed by atoms with van der Waals surface area (Å²) in [6, 6.07) is 2.53. The van der Waals surface area contributed by atoms with Gasteiger partial charge in [-0.25, -0.2) is 13.8 Å². The Balaban J connectivity index is 2.62. The molecule has 0 unspecified atom stereocenters. The monoisotopic (exact) mass is 265 g/mol. The molecule has 0 radical (unpaired) electrons. The first-order valence-corrected chi connectivity index (χ1v) is 5.15. The number of Topliss-reactive ketones (excluding diaryl/α,β-unsaturated/α-hetero) is 1. The SMILES string of the molecule is CCC(=O)c1ccc(OCC(F)(F)C(F)F)nc1. The van der Waals surface area contributed by atoms with Gasteiger partial charge in [0.05, 0.1) is 0 Å². The van der Waals surface area contributed by atoms with Crippen molar-refractivity contribution in [3.8, 4) is 5.88 Å². The lowest BCUT2D eigenvalue weighted by Crippen LogP contribution is -2.33. The number of rotatable bonds is 6. The molecule has 0 saturated heterocycles. The fourth-order valence-electron chi connectivity index (χ4n) is 1.07. The highest BCUT2D eigenvalue weighted by Crippen LogP contribution is 2.23. The van der Waals surface area contributed by atoms with Gasteiger partial charge in [-0.2, -0.15) is 8.78 Å². The molecular formula is C11H11F4NO2. The summed E-state index contributed by atoms with van der Waals surface area (Å²) in [4.78, 5) is 14.8. The summed E-state index contributed by atoms with van der Waals surface area (Å²) < 4.78 is 53.2. The van der Waals surface area contributed by atoms with Gasteiger partial charge in [0.1, 0.15) is 0 Å². The third-order valence-electron chi connectivity index (χ3n) is 2.11. The minimum atomic E-state index is -4.22. The summed E-state index contributed by atoms with van der Waals surface area (Å²) >= 11 is 0. The molecule has 0 aliphatic heterocycles. The van der Waals surface area contributed by atoms with Crippen molar-refractivity contribution in [2.24, 2.45) is 0 Å². The summed E-state index contributed by atoms with van der Waals surface area (Å²) in [6.07, 6.45) is -2.36. The van der Waals surface area contributed by atoms with Crippen molar-refractivity contribution in [3.63, 3.8) is 0 Å². The zero-order chi connectivity index (χ0) is 13.8. The first-order valence-electron chi connectivity index (χ1n) is 5.15. The van der Waals surface area contributed by atoms with Crippen molar-refractivity contribution in [3.05, 3.63) is 23.9 Å². The van der Waals surface area contributed by atoms with Gasteiger partial charge in [-0.1, -0.05) is 6.92 Å². The van der Waals surface area contributed by atoms with Crippen LogP contribution >= 0.6 is 0 Å². The Labute approximate surface area is 101 Å². The van der Waals surface area contributed by atoms with E-state index in [4.69, 9.17) is 0 Å². The van der Waals surface area contributed by atoms with Crippen LogP contribution in [-0.2, 0) is 0 Å². The van der Waals surface area contributed by atoms with E-state index in [1.54, 1.807) is 6.92 Å². The molecule has 0 aliphatic rings. The highest BCUT2D eigenvalue weighted by atomic mass is 19.3. The summed E-state index contributed by atoms with van der Waals surface area (Å²) in [5.74, 6) is -4.62. The van der Waals surface area contributed by atoms with Gasteiger partial charge in [-0.3, -0.25) is 4.79 Å². The Morgan fingerprint density at radius 3 is 2.56 bits per heavy atom. The fourth-order valence-corrected chi connectivity index (χ4v) is 1.07. The quantitative estimate of drug-likeness (QED) is 0.586. The summed E-state index contributed by atoms with van der Waals surface area (Å²) in [5.41, 5.74) is 0.311. The van der Waals surface area contributed by atoms with Gasteiger partial charge in [0, 0.05) is 24.2 Å². The van der Waals surface area contributed by atoms with Crippen molar-refractivity contribution in [1.29, 1.82) is 0 Å². The topological polar surface area (TPSA) is 39.2 Å². The maximum Gasteiger partial charge on any atom is 0.340 e. The zero-order valence-corrected chi connectivity index (χ0v) is 9.50. The van der Waals surface area contributed by atoms with Crippen LogP contribution in [0.3, 0.4) is 0 Å². The maximum absolute atomic E-state index is 12.5. The number of hydrogen-bond donors (Lipinski definition) is 0. The van der Waals surface area contributed by atoms with Crippen molar-refractivity contribution in [2.45, 2.75) is 25.7 Å². The molecule has 3 nitrogen and oxygen atoms in total. The minimum absolute atomic E-state index is 0.160. The van der Waals surface area contributed by atoms with Crippen LogP contribution in [0.2, 0.25) is 0 Å². The number of ether oxygens (including phenoxy) is 1. The second-order valence-corrected chi connectivity index (χ2v) is 3.51. The largest absolute Gasteiger partial charge is 0.471 e. The Morgan fingerprint density at radius 2 is 2.11 bits per heavy atom. The number of carbonyl (C=O) groups excluding carboxylic acids is 1. The predicted octanol–water partition coefficient (Wildman–Crippen LogP) is 2.95. The molecule has 1 aromatic heterocycles. The number of carbonyl (C=O) groups is 1. The second kappa shape index (κ2) is 5.79. The zero-order valence-electron chi connectivity index (χ0n) is 9.50. The van der Waals surface area contributed by atoms with E-state index in [9.17, 15) is 22.4 Å². The molecule has 0 aromatic carbocycles. The van der Waals surface area contributed by atoms with Crippen LogP contribution in [0.1, 0.15) is 23.7 Å². The Hall–Kier alpha value is -1.66. The van der Waals surface area contributed by atoms with E-state index in [0.717, 1.165) is 6.20 Å². The highest BCUT2D eigenvalue weighted by molar-refractivity contribution is 5.95. The van der Waals surface area contributed by atoms with Gasteiger partial charge in [0.2, 0.25) is 5.88 Å². The van der Waals surface area contributed by atoms with Gasteiger partial charge in [0.15, 0.2) is 12.4 Å². The van der Waals surface area contributed by atoms with Crippen LogP contribution in [-0.4, -0.2) is 29.7 Å². The number of halogens is 4. The average molecular weight is 265 g/mol. The Morgan fingerprint density at radius 1 is 1.44 bits per heavy atom. The van der Waals surface area contributed by atoms with E-state index in [2.05, 4.69) is 9.72 Å². The van der Waals surface area contributed by atoms with Crippen LogP contribution in [0.15, 0.2) is 18.3 Å². The van der Waals surface area contributed by atoms with E-state index < -0.39 is 19.0 Å². The lowest BCUT2D eigenvalue weighted by Gasteiger charge is -2.15. The number of hydrogen-bond acceptors (Lipinski definition) is 3. The molecule has 0 atom stereocenters. The number of pyridine rings is 1. The van der Waals surface area contributed by atoms with Gasteiger partial charge < -0.3 is 4.74 Å². The summed E-state index contributed by atoms with van der Waals surface area (Å²) in [6.45, 7) is 0.203. The lowest BCUT2D eigenvalue weighted by molar-refractivity contribution is -0.148. The normalized spacial score (nSPS) is 11.7. The third kappa shape index (κ3) is 3.68. The molecule has 0 aliphatic carbocycles. The van der Waals surface area contributed by atoms with Gasteiger partial charge in [-0.15, -0.1) is 0 Å². The predicted molar refractivity (Wildman–Crippen MR) is 55.3 cm³/mol. The molecule has 1 rings (SSSR count). The van der Waals surface area contributed by atoms with Crippen LogP contribution in [0.4, 0.5) is 17.6 Å².